The van der Waals surface area contributed by atoms with E-state index in [1.807, 2.05) is 61.5 Å². The van der Waals surface area contributed by atoms with Crippen molar-refractivity contribution in [3.8, 4) is 17.2 Å². The molecule has 0 saturated heterocycles. The van der Waals surface area contributed by atoms with Crippen LogP contribution in [-0.4, -0.2) is 38.2 Å². The fraction of sp³-hybridized carbons (Fsp3) is 0.259. The minimum Gasteiger partial charge on any atom is -0.494 e. The summed E-state index contributed by atoms with van der Waals surface area (Å²) in [6, 6.07) is 22.6. The number of nitrogens with one attached hydrogen (secondary N) is 1. The maximum atomic E-state index is 12.4. The molecule has 34 heavy (non-hydrogen) atoms. The molecule has 0 radical (unpaired) electrons. The summed E-state index contributed by atoms with van der Waals surface area (Å²) < 4.78 is 17.0. The second kappa shape index (κ2) is 11.2. The maximum Gasteiger partial charge on any atom is 0.265 e. The van der Waals surface area contributed by atoms with Crippen LogP contribution in [-0.2, 0) is 9.59 Å². The average Bonchev–Trinajstić information content (AvgIpc) is 2.84. The van der Waals surface area contributed by atoms with Crippen LogP contribution in [0.15, 0.2) is 72.8 Å². The second-order valence-corrected chi connectivity index (χ2v) is 7.99. The molecule has 1 aliphatic rings. The molecule has 7 nitrogen and oxygen atoms in total. The number of carbonyl (C=O) groups is 2. The van der Waals surface area contributed by atoms with Gasteiger partial charge >= 0.3 is 0 Å². The highest BCUT2D eigenvalue weighted by atomic mass is 16.5. The van der Waals surface area contributed by atoms with E-state index in [4.69, 9.17) is 14.2 Å². The van der Waals surface area contributed by atoms with E-state index in [1.54, 1.807) is 23.1 Å². The summed E-state index contributed by atoms with van der Waals surface area (Å²) in [5.74, 6) is 1.88. The van der Waals surface area contributed by atoms with E-state index in [9.17, 15) is 9.59 Å². The molecule has 0 unspecified atom stereocenters. The number of aryl methyl sites for hydroxylation is 1. The Labute approximate surface area is 199 Å². The van der Waals surface area contributed by atoms with E-state index in [0.717, 1.165) is 17.1 Å². The van der Waals surface area contributed by atoms with E-state index in [2.05, 4.69) is 5.32 Å². The second-order valence-electron chi connectivity index (χ2n) is 7.99. The zero-order chi connectivity index (χ0) is 23.8. The summed E-state index contributed by atoms with van der Waals surface area (Å²) in [6.45, 7) is 3.18. The van der Waals surface area contributed by atoms with Crippen molar-refractivity contribution in [2.75, 3.05) is 36.6 Å². The van der Waals surface area contributed by atoms with Crippen LogP contribution in [0.5, 0.6) is 17.2 Å². The first-order chi connectivity index (χ1) is 16.6. The third-order valence-corrected chi connectivity index (χ3v) is 5.32. The van der Waals surface area contributed by atoms with Gasteiger partial charge in [0, 0.05) is 18.2 Å². The van der Waals surface area contributed by atoms with Gasteiger partial charge in [0.1, 0.15) is 23.9 Å². The lowest BCUT2D eigenvalue weighted by Gasteiger charge is -2.29. The molecule has 176 valence electrons. The molecule has 0 spiro atoms. The van der Waals surface area contributed by atoms with Crippen LogP contribution in [0.1, 0.15) is 18.4 Å². The Balaban J connectivity index is 1.28. The van der Waals surface area contributed by atoms with E-state index in [0.29, 0.717) is 49.7 Å². The van der Waals surface area contributed by atoms with Gasteiger partial charge in [-0.25, -0.2) is 0 Å². The predicted octanol–water partition coefficient (Wildman–Crippen LogP) is 4.60. The van der Waals surface area contributed by atoms with Crippen molar-refractivity contribution in [1.29, 1.82) is 0 Å². The number of hydrogen-bond donors (Lipinski definition) is 1. The van der Waals surface area contributed by atoms with Crippen LogP contribution in [0, 0.1) is 6.92 Å². The molecule has 3 aromatic rings. The average molecular weight is 461 g/mol. The highest BCUT2D eigenvalue weighted by molar-refractivity contribution is 5.99. The number of rotatable bonds is 10. The van der Waals surface area contributed by atoms with Gasteiger partial charge in [-0.3, -0.25) is 9.59 Å². The zero-order valence-corrected chi connectivity index (χ0v) is 19.2. The number of para-hydroxylation sites is 1. The van der Waals surface area contributed by atoms with Gasteiger partial charge in [0.05, 0.1) is 18.8 Å². The monoisotopic (exact) mass is 460 g/mol. The number of fused-ring (bicyclic) bond motifs is 1. The molecule has 0 bridgehead atoms. The molecule has 4 rings (SSSR count). The van der Waals surface area contributed by atoms with Gasteiger partial charge in [-0.2, -0.15) is 0 Å². The lowest BCUT2D eigenvalue weighted by molar-refractivity contribution is -0.121. The van der Waals surface area contributed by atoms with E-state index in [-0.39, 0.29) is 18.4 Å². The first kappa shape index (κ1) is 23.2. The van der Waals surface area contributed by atoms with E-state index < -0.39 is 0 Å². The molecule has 7 heteroatoms. The van der Waals surface area contributed by atoms with Crippen molar-refractivity contribution in [3.05, 3.63) is 78.4 Å². The van der Waals surface area contributed by atoms with Crippen molar-refractivity contribution in [2.24, 2.45) is 0 Å². The Morgan fingerprint density at radius 3 is 2.59 bits per heavy atom. The summed E-state index contributed by atoms with van der Waals surface area (Å²) in [4.78, 5) is 26.4. The molecule has 1 heterocycles. The fourth-order valence-electron chi connectivity index (χ4n) is 3.65. The van der Waals surface area contributed by atoms with Crippen LogP contribution in [0.25, 0.3) is 0 Å². The molecule has 1 aliphatic heterocycles. The lowest BCUT2D eigenvalue weighted by atomic mass is 10.2. The van der Waals surface area contributed by atoms with Gasteiger partial charge in [-0.15, -0.1) is 0 Å². The van der Waals surface area contributed by atoms with Gasteiger partial charge < -0.3 is 24.4 Å². The minimum atomic E-state index is -0.129. The van der Waals surface area contributed by atoms with Gasteiger partial charge in [0.15, 0.2) is 6.61 Å². The lowest BCUT2D eigenvalue weighted by Crippen LogP contribution is -2.41. The van der Waals surface area contributed by atoms with Crippen molar-refractivity contribution in [1.82, 2.24) is 0 Å². The smallest absolute Gasteiger partial charge is 0.265 e. The molecule has 2 amide bonds. The summed E-state index contributed by atoms with van der Waals surface area (Å²) in [5.41, 5.74) is 2.40. The summed E-state index contributed by atoms with van der Waals surface area (Å²) in [6.07, 6.45) is 0.942. The summed E-state index contributed by atoms with van der Waals surface area (Å²) in [5, 5.41) is 2.88. The first-order valence-corrected chi connectivity index (χ1v) is 11.3. The molecular weight excluding hydrogens is 432 g/mol. The summed E-state index contributed by atoms with van der Waals surface area (Å²) >= 11 is 0. The van der Waals surface area contributed by atoms with Crippen molar-refractivity contribution < 1.29 is 23.8 Å². The number of ether oxygens (including phenoxy) is 3. The van der Waals surface area contributed by atoms with Crippen LogP contribution < -0.4 is 24.4 Å². The summed E-state index contributed by atoms with van der Waals surface area (Å²) in [7, 11) is 0. The zero-order valence-electron chi connectivity index (χ0n) is 19.2. The molecule has 0 aliphatic carbocycles. The number of benzene rings is 3. The number of nitrogens with zero attached hydrogens (tertiary/aromatic N) is 1. The number of anilines is 2. The number of amides is 2. The molecule has 0 saturated carbocycles. The molecular formula is C27H28N2O5. The molecule has 3 aromatic carbocycles. The minimum absolute atomic E-state index is 0.0499. The Morgan fingerprint density at radius 2 is 1.76 bits per heavy atom. The number of hydrogen-bond acceptors (Lipinski definition) is 5. The third-order valence-electron chi connectivity index (χ3n) is 5.32. The largest absolute Gasteiger partial charge is 0.494 e. The standard InChI is InChI=1S/C27H28N2O5/c1-20-7-5-10-23(17-20)33-16-14-29-24-13-12-21(18-25(24)34-19-27(29)31)28-26(30)11-6-15-32-22-8-3-2-4-9-22/h2-5,7-10,12-13,17-18H,6,11,14-16,19H2,1H3,(H,28,30). The van der Waals surface area contributed by atoms with Gasteiger partial charge in [0.2, 0.25) is 5.91 Å². The Hall–Kier alpha value is -4.00. The van der Waals surface area contributed by atoms with Crippen LogP contribution >= 0.6 is 0 Å². The quantitative estimate of drug-likeness (QED) is 0.448. The molecule has 1 N–H and O–H groups in total. The highest BCUT2D eigenvalue weighted by Gasteiger charge is 2.25. The highest BCUT2D eigenvalue weighted by Crippen LogP contribution is 2.34. The van der Waals surface area contributed by atoms with Crippen LogP contribution in [0.3, 0.4) is 0 Å². The van der Waals surface area contributed by atoms with E-state index in [1.165, 1.54) is 0 Å². The first-order valence-electron chi connectivity index (χ1n) is 11.3. The van der Waals surface area contributed by atoms with Gasteiger partial charge in [-0.1, -0.05) is 30.3 Å². The predicted molar refractivity (Wildman–Crippen MR) is 131 cm³/mol. The Bertz CT molecular complexity index is 1130. The topological polar surface area (TPSA) is 77.1 Å². The van der Waals surface area contributed by atoms with Crippen LogP contribution in [0.2, 0.25) is 0 Å². The Kier molecular flexibility index (Phi) is 7.65. The fourth-order valence-corrected chi connectivity index (χ4v) is 3.65. The van der Waals surface area contributed by atoms with Crippen LogP contribution in [0.4, 0.5) is 11.4 Å². The van der Waals surface area contributed by atoms with Crippen molar-refractivity contribution in [2.45, 2.75) is 19.8 Å². The van der Waals surface area contributed by atoms with Gasteiger partial charge in [-0.05, 0) is 55.3 Å². The van der Waals surface area contributed by atoms with Crippen molar-refractivity contribution in [3.63, 3.8) is 0 Å². The Morgan fingerprint density at radius 1 is 0.971 bits per heavy atom. The SMILES string of the molecule is Cc1cccc(OCCN2C(=O)COc3cc(NC(=O)CCCOc4ccccc4)ccc32)c1. The molecule has 0 fully saturated rings. The number of carbonyl (C=O) groups excluding carboxylic acids is 2. The van der Waals surface area contributed by atoms with Gasteiger partial charge in [0.25, 0.3) is 5.91 Å². The normalized spacial score (nSPS) is 12.5. The molecule has 0 aromatic heterocycles. The molecule has 0 atom stereocenters. The van der Waals surface area contributed by atoms with E-state index >= 15 is 0 Å². The third kappa shape index (κ3) is 6.28. The van der Waals surface area contributed by atoms with Crippen molar-refractivity contribution >= 4 is 23.2 Å². The maximum absolute atomic E-state index is 12.4.